The Balaban J connectivity index is 3.04. The average molecular weight is 238 g/mol. The third-order valence-corrected chi connectivity index (χ3v) is 2.42. The number of hydrogen-bond acceptors (Lipinski definition) is 0. The molecule has 0 bridgehead atoms. The molecule has 0 aliphatic rings. The van der Waals surface area contributed by atoms with Crippen LogP contribution in [-0.2, 0) is 0 Å². The van der Waals surface area contributed by atoms with Gasteiger partial charge in [-0.05, 0) is 12.8 Å². The zero-order valence-electron chi connectivity index (χ0n) is 6.07. The lowest BCUT2D eigenvalue weighted by Gasteiger charge is -2.03. The molecular weight excluding hydrogens is 223 g/mol. The van der Waals surface area contributed by atoms with E-state index in [9.17, 15) is 0 Å². The highest BCUT2D eigenvalue weighted by atomic mass is 127. The Morgan fingerprint density at radius 3 is 2.78 bits per heavy atom. The van der Waals surface area contributed by atoms with Crippen molar-refractivity contribution in [2.75, 3.05) is 0 Å². The Kier molecular flexibility index (Phi) is 6.93. The van der Waals surface area contributed by atoms with Crippen LogP contribution in [0, 0.1) is 0 Å². The zero-order valence-corrected chi connectivity index (χ0v) is 8.23. The van der Waals surface area contributed by atoms with Crippen molar-refractivity contribution in [3.8, 4) is 0 Å². The van der Waals surface area contributed by atoms with Crippen LogP contribution in [-0.4, -0.2) is 3.92 Å². The standard InChI is InChI=1S/C8H15I/c1-3-5-7-8(9)6-4-2/h4,8H,2-3,5-7H2,1H3. The van der Waals surface area contributed by atoms with E-state index < -0.39 is 0 Å². The Morgan fingerprint density at radius 1 is 1.67 bits per heavy atom. The number of hydrogen-bond donors (Lipinski definition) is 0. The first kappa shape index (κ1) is 9.47. The first-order valence-corrected chi connectivity index (χ1v) is 4.80. The summed E-state index contributed by atoms with van der Waals surface area (Å²) < 4.78 is 0.819. The summed E-state index contributed by atoms with van der Waals surface area (Å²) in [5.74, 6) is 0. The molecule has 0 aliphatic carbocycles. The maximum absolute atomic E-state index is 3.70. The van der Waals surface area contributed by atoms with E-state index in [-0.39, 0.29) is 0 Å². The summed E-state index contributed by atoms with van der Waals surface area (Å²) in [7, 11) is 0. The van der Waals surface area contributed by atoms with Gasteiger partial charge in [-0.2, -0.15) is 0 Å². The van der Waals surface area contributed by atoms with Crippen LogP contribution in [0.1, 0.15) is 32.6 Å². The third kappa shape index (κ3) is 6.35. The van der Waals surface area contributed by atoms with E-state index in [2.05, 4.69) is 36.1 Å². The Hall–Kier alpha value is 0.470. The van der Waals surface area contributed by atoms with E-state index in [1.54, 1.807) is 0 Å². The smallest absolute Gasteiger partial charge is 0.0144 e. The summed E-state index contributed by atoms with van der Waals surface area (Å²) in [6.45, 7) is 5.94. The van der Waals surface area contributed by atoms with Gasteiger partial charge >= 0.3 is 0 Å². The molecule has 0 aliphatic heterocycles. The minimum Gasteiger partial charge on any atom is -0.103 e. The van der Waals surface area contributed by atoms with Crippen LogP contribution in [0.4, 0.5) is 0 Å². The molecule has 1 heteroatoms. The fourth-order valence-corrected chi connectivity index (χ4v) is 1.52. The Labute approximate surface area is 71.9 Å². The number of alkyl halides is 1. The van der Waals surface area contributed by atoms with E-state index in [4.69, 9.17) is 0 Å². The highest BCUT2D eigenvalue weighted by Gasteiger charge is 1.98. The van der Waals surface area contributed by atoms with Crippen LogP contribution in [0.5, 0.6) is 0 Å². The van der Waals surface area contributed by atoms with Crippen molar-refractivity contribution in [2.24, 2.45) is 0 Å². The molecular formula is C8H15I. The quantitative estimate of drug-likeness (QED) is 0.390. The Bertz CT molecular complexity index is 69.0. The topological polar surface area (TPSA) is 0 Å². The first-order chi connectivity index (χ1) is 4.31. The molecule has 0 saturated heterocycles. The molecule has 1 atom stereocenters. The summed E-state index contributed by atoms with van der Waals surface area (Å²) >= 11 is 2.49. The second-order valence-electron chi connectivity index (χ2n) is 2.26. The monoisotopic (exact) mass is 238 g/mol. The van der Waals surface area contributed by atoms with Crippen LogP contribution >= 0.6 is 22.6 Å². The summed E-state index contributed by atoms with van der Waals surface area (Å²) in [5.41, 5.74) is 0. The fourth-order valence-electron chi connectivity index (χ4n) is 0.724. The molecule has 0 saturated carbocycles. The van der Waals surface area contributed by atoms with E-state index in [0.717, 1.165) is 3.92 Å². The lowest BCUT2D eigenvalue weighted by atomic mass is 10.1. The minimum atomic E-state index is 0.819. The molecule has 0 aromatic rings. The summed E-state index contributed by atoms with van der Waals surface area (Å²) in [4.78, 5) is 0. The highest BCUT2D eigenvalue weighted by Crippen LogP contribution is 2.13. The number of allylic oxidation sites excluding steroid dienone is 1. The van der Waals surface area contributed by atoms with Crippen molar-refractivity contribution in [1.29, 1.82) is 0 Å². The van der Waals surface area contributed by atoms with Crippen molar-refractivity contribution in [3.05, 3.63) is 12.7 Å². The summed E-state index contributed by atoms with van der Waals surface area (Å²) in [6, 6.07) is 0. The molecule has 0 nitrogen and oxygen atoms in total. The SMILES string of the molecule is C=CCC(I)CCCC. The number of rotatable bonds is 5. The molecule has 0 spiro atoms. The fraction of sp³-hybridized carbons (Fsp3) is 0.750. The predicted molar refractivity (Wildman–Crippen MR) is 52.1 cm³/mol. The second kappa shape index (κ2) is 6.59. The first-order valence-electron chi connectivity index (χ1n) is 3.56. The van der Waals surface area contributed by atoms with Gasteiger partial charge < -0.3 is 0 Å². The van der Waals surface area contributed by atoms with Gasteiger partial charge in [-0.1, -0.05) is 48.4 Å². The van der Waals surface area contributed by atoms with Crippen molar-refractivity contribution in [2.45, 2.75) is 36.5 Å². The van der Waals surface area contributed by atoms with Gasteiger partial charge in [0, 0.05) is 3.92 Å². The largest absolute Gasteiger partial charge is 0.103 e. The van der Waals surface area contributed by atoms with E-state index in [0.29, 0.717) is 0 Å². The van der Waals surface area contributed by atoms with Gasteiger partial charge in [-0.25, -0.2) is 0 Å². The average Bonchev–Trinajstić information content (AvgIpc) is 1.85. The molecule has 1 unspecified atom stereocenters. The number of unbranched alkanes of at least 4 members (excludes halogenated alkanes) is 1. The van der Waals surface area contributed by atoms with Crippen molar-refractivity contribution in [3.63, 3.8) is 0 Å². The van der Waals surface area contributed by atoms with Gasteiger partial charge in [-0.3, -0.25) is 0 Å². The zero-order chi connectivity index (χ0) is 7.11. The molecule has 0 aromatic heterocycles. The Morgan fingerprint density at radius 2 is 2.33 bits per heavy atom. The second-order valence-corrected chi connectivity index (χ2v) is 4.03. The highest BCUT2D eigenvalue weighted by molar-refractivity contribution is 14.1. The van der Waals surface area contributed by atoms with E-state index in [1.807, 2.05) is 6.08 Å². The van der Waals surface area contributed by atoms with E-state index in [1.165, 1.54) is 25.7 Å². The van der Waals surface area contributed by atoms with Gasteiger partial charge in [0.2, 0.25) is 0 Å². The van der Waals surface area contributed by atoms with Crippen LogP contribution in [0.25, 0.3) is 0 Å². The van der Waals surface area contributed by atoms with Crippen LogP contribution < -0.4 is 0 Å². The van der Waals surface area contributed by atoms with Crippen molar-refractivity contribution >= 4 is 22.6 Å². The van der Waals surface area contributed by atoms with Gasteiger partial charge in [-0.15, -0.1) is 6.58 Å². The molecule has 0 radical (unpaired) electrons. The maximum atomic E-state index is 3.70. The molecule has 0 N–H and O–H groups in total. The van der Waals surface area contributed by atoms with E-state index >= 15 is 0 Å². The molecule has 0 amide bonds. The molecule has 0 aromatic carbocycles. The lowest BCUT2D eigenvalue weighted by molar-refractivity contribution is 0.703. The van der Waals surface area contributed by atoms with Gasteiger partial charge in [0.15, 0.2) is 0 Å². The van der Waals surface area contributed by atoms with Gasteiger partial charge in [0.05, 0.1) is 0 Å². The van der Waals surface area contributed by atoms with Gasteiger partial charge in [0.1, 0.15) is 0 Å². The summed E-state index contributed by atoms with van der Waals surface area (Å²) in [6.07, 6.45) is 7.20. The summed E-state index contributed by atoms with van der Waals surface area (Å²) in [5, 5.41) is 0. The lowest BCUT2D eigenvalue weighted by Crippen LogP contribution is -1.93. The van der Waals surface area contributed by atoms with Crippen molar-refractivity contribution in [1.82, 2.24) is 0 Å². The van der Waals surface area contributed by atoms with Gasteiger partial charge in [0.25, 0.3) is 0 Å². The molecule has 0 rings (SSSR count). The van der Waals surface area contributed by atoms with Crippen molar-refractivity contribution < 1.29 is 0 Å². The van der Waals surface area contributed by atoms with Crippen LogP contribution in [0.2, 0.25) is 0 Å². The maximum Gasteiger partial charge on any atom is 0.0144 e. The predicted octanol–water partition coefficient (Wildman–Crippen LogP) is 3.56. The molecule has 0 fully saturated rings. The molecule has 54 valence electrons. The number of halogens is 1. The third-order valence-electron chi connectivity index (χ3n) is 1.29. The minimum absolute atomic E-state index is 0.819. The van der Waals surface area contributed by atoms with Crippen LogP contribution in [0.3, 0.4) is 0 Å². The normalized spacial score (nSPS) is 13.1. The molecule has 0 heterocycles. The molecule has 9 heavy (non-hydrogen) atoms. The van der Waals surface area contributed by atoms with Crippen LogP contribution in [0.15, 0.2) is 12.7 Å².